The van der Waals surface area contributed by atoms with Crippen LogP contribution in [0.1, 0.15) is 64.0 Å². The second-order valence-electron chi connectivity index (χ2n) is 13.8. The first kappa shape index (κ1) is 32.0. The molecule has 1 N–H and O–H groups in total. The van der Waals surface area contributed by atoms with E-state index in [9.17, 15) is 22.8 Å². The van der Waals surface area contributed by atoms with Crippen LogP contribution in [0, 0.1) is 11.3 Å². The van der Waals surface area contributed by atoms with Gasteiger partial charge in [0.25, 0.3) is 0 Å². The van der Waals surface area contributed by atoms with Crippen LogP contribution < -0.4 is 14.4 Å². The molecule has 1 saturated heterocycles. The molecule has 46 heavy (non-hydrogen) atoms. The van der Waals surface area contributed by atoms with E-state index in [-0.39, 0.29) is 31.1 Å². The summed E-state index contributed by atoms with van der Waals surface area (Å²) in [6, 6.07) is 8.99. The number of sulfonamides is 1. The molecule has 2 saturated carbocycles. The number of Topliss-reactive ketones (excluding diaryl/α,β-unsaturated/α-hetero) is 1. The highest BCUT2D eigenvalue weighted by atomic mass is 32.2. The Labute approximate surface area is 269 Å². The lowest BCUT2D eigenvalue weighted by Gasteiger charge is -2.29. The number of likely N-dealkylation sites (tertiary alicyclic amines) is 1. The molecule has 6 rings (SSSR count). The maximum Gasteiger partial charge on any atom is 0.411 e. The van der Waals surface area contributed by atoms with E-state index in [4.69, 9.17) is 9.47 Å². The summed E-state index contributed by atoms with van der Waals surface area (Å²) in [6.45, 7) is 10.5. The number of nitrogens with one attached hydrogen (secondary N) is 1. The van der Waals surface area contributed by atoms with Crippen LogP contribution in [0.3, 0.4) is 0 Å². The van der Waals surface area contributed by atoms with Crippen LogP contribution in [0.2, 0.25) is 0 Å². The SMILES string of the molecule is C=CC1CC1(CC(=O)[C@@H]1C[C@@H](Oc2ccnc(N3CCc4ccccc4C3)n2)CN1C(=O)OC(C)(C)C)C(=O)NS(=O)(=O)C1CC1. The smallest absolute Gasteiger partial charge is 0.411 e. The van der Waals surface area contributed by atoms with Crippen LogP contribution in [0.25, 0.3) is 0 Å². The monoisotopic (exact) mass is 651 g/mol. The third-order valence-corrected chi connectivity index (χ3v) is 11.0. The summed E-state index contributed by atoms with van der Waals surface area (Å²) in [5, 5.41) is -0.575. The number of amides is 2. The summed E-state index contributed by atoms with van der Waals surface area (Å²) in [7, 11) is -3.80. The Morgan fingerprint density at radius 2 is 1.89 bits per heavy atom. The fourth-order valence-electron chi connectivity index (χ4n) is 6.41. The maximum absolute atomic E-state index is 13.9. The summed E-state index contributed by atoms with van der Waals surface area (Å²) < 4.78 is 39.2. The number of ketones is 1. The van der Waals surface area contributed by atoms with Crippen molar-refractivity contribution in [3.8, 4) is 5.88 Å². The standard InChI is InChI=1S/C33H41N5O7S/c1-5-23-17-33(23,29(40)36-46(42,43)25-10-11-25)18-27(39)26-16-24(20-38(26)31(41)45-32(2,3)4)44-28-12-14-34-30(35-28)37-15-13-21-8-6-7-9-22(21)19-37/h5-9,12,14,23-26H,1,10-11,13,15-20H2,2-4H3,(H,36,40)/t23?,24-,26+,33?/m1/s1. The Kier molecular flexibility index (Phi) is 8.32. The lowest BCUT2D eigenvalue weighted by atomic mass is 9.91. The lowest BCUT2D eigenvalue weighted by Crippen LogP contribution is -2.46. The molecule has 1 aromatic heterocycles. The van der Waals surface area contributed by atoms with Gasteiger partial charge in [0.15, 0.2) is 5.78 Å². The second-order valence-corrected chi connectivity index (χ2v) is 15.7. The minimum absolute atomic E-state index is 0.0713. The minimum Gasteiger partial charge on any atom is -0.472 e. The normalized spacial score (nSPS) is 25.8. The third kappa shape index (κ3) is 6.74. The molecular weight excluding hydrogens is 610 g/mol. The van der Waals surface area contributed by atoms with Crippen molar-refractivity contribution in [1.82, 2.24) is 19.6 Å². The first-order valence-electron chi connectivity index (χ1n) is 15.8. The van der Waals surface area contributed by atoms with E-state index in [2.05, 4.69) is 38.3 Å². The Morgan fingerprint density at radius 1 is 1.15 bits per heavy atom. The number of fused-ring (bicyclic) bond motifs is 1. The first-order valence-corrected chi connectivity index (χ1v) is 17.3. The fraction of sp³-hybridized carbons (Fsp3) is 0.545. The molecule has 246 valence electrons. The topological polar surface area (TPSA) is 148 Å². The van der Waals surface area contributed by atoms with Gasteiger partial charge in [0.05, 0.1) is 23.3 Å². The van der Waals surface area contributed by atoms with Crippen molar-refractivity contribution < 1.29 is 32.3 Å². The van der Waals surface area contributed by atoms with Crippen molar-refractivity contribution in [1.29, 1.82) is 0 Å². The molecule has 2 aromatic rings. The summed E-state index contributed by atoms with van der Waals surface area (Å²) >= 11 is 0. The molecule has 2 amide bonds. The van der Waals surface area contributed by atoms with E-state index in [0.717, 1.165) is 13.0 Å². The van der Waals surface area contributed by atoms with Crippen molar-refractivity contribution in [3.05, 3.63) is 60.3 Å². The fourth-order valence-corrected chi connectivity index (χ4v) is 7.79. The molecule has 1 aromatic carbocycles. The molecule has 0 radical (unpaired) electrons. The quantitative estimate of drug-likeness (QED) is 0.378. The van der Waals surface area contributed by atoms with Crippen LogP contribution in [-0.2, 0) is 37.3 Å². The number of rotatable bonds is 10. The van der Waals surface area contributed by atoms with Gasteiger partial charge in [-0.15, -0.1) is 6.58 Å². The van der Waals surface area contributed by atoms with Gasteiger partial charge >= 0.3 is 6.09 Å². The number of nitrogens with zero attached hydrogens (tertiary/aromatic N) is 4. The van der Waals surface area contributed by atoms with Crippen LogP contribution >= 0.6 is 0 Å². The summed E-state index contributed by atoms with van der Waals surface area (Å²) in [5.74, 6) is -0.562. The zero-order chi connectivity index (χ0) is 32.9. The Bertz CT molecular complexity index is 1650. The predicted molar refractivity (Wildman–Crippen MR) is 169 cm³/mol. The maximum atomic E-state index is 13.9. The molecule has 0 spiro atoms. The molecule has 4 atom stereocenters. The van der Waals surface area contributed by atoms with Gasteiger partial charge in [-0.2, -0.15) is 4.98 Å². The van der Waals surface area contributed by atoms with E-state index >= 15 is 0 Å². The van der Waals surface area contributed by atoms with Gasteiger partial charge in [0.1, 0.15) is 11.7 Å². The number of aromatic nitrogens is 2. The summed E-state index contributed by atoms with van der Waals surface area (Å²) in [4.78, 5) is 53.1. The molecule has 2 aliphatic heterocycles. The number of allylic oxidation sites excluding steroid dienone is 1. The summed E-state index contributed by atoms with van der Waals surface area (Å²) in [6.07, 6.45) is 4.07. The van der Waals surface area contributed by atoms with Gasteiger partial charge in [-0.3, -0.25) is 19.2 Å². The molecule has 3 heterocycles. The average Bonchev–Trinajstić information content (AvgIpc) is 3.93. The lowest BCUT2D eigenvalue weighted by molar-refractivity contribution is -0.131. The second kappa shape index (κ2) is 12.0. The van der Waals surface area contributed by atoms with Crippen molar-refractivity contribution >= 4 is 33.8 Å². The zero-order valence-corrected chi connectivity index (χ0v) is 27.3. The van der Waals surface area contributed by atoms with E-state index in [1.807, 2.05) is 12.1 Å². The van der Waals surface area contributed by atoms with Crippen LogP contribution in [-0.4, -0.2) is 77.2 Å². The minimum atomic E-state index is -3.80. The van der Waals surface area contributed by atoms with Gasteiger partial charge in [-0.05, 0) is 63.5 Å². The number of anilines is 1. The van der Waals surface area contributed by atoms with Crippen molar-refractivity contribution in [2.24, 2.45) is 11.3 Å². The molecule has 12 nitrogen and oxygen atoms in total. The van der Waals surface area contributed by atoms with E-state index in [1.165, 1.54) is 16.0 Å². The Balaban J connectivity index is 1.18. The summed E-state index contributed by atoms with van der Waals surface area (Å²) in [5.41, 5.74) is 0.499. The molecule has 4 aliphatic rings. The van der Waals surface area contributed by atoms with Crippen molar-refractivity contribution in [3.63, 3.8) is 0 Å². The number of hydrogen-bond donors (Lipinski definition) is 1. The Hall–Kier alpha value is -4.00. The molecule has 2 unspecified atom stereocenters. The van der Waals surface area contributed by atoms with Gasteiger partial charge in [-0.25, -0.2) is 18.2 Å². The largest absolute Gasteiger partial charge is 0.472 e. The zero-order valence-electron chi connectivity index (χ0n) is 26.5. The van der Waals surface area contributed by atoms with E-state index < -0.39 is 50.4 Å². The number of benzene rings is 1. The molecule has 13 heteroatoms. The van der Waals surface area contributed by atoms with Gasteiger partial charge in [0.2, 0.25) is 27.8 Å². The van der Waals surface area contributed by atoms with Crippen LogP contribution in [0.15, 0.2) is 49.2 Å². The highest BCUT2D eigenvalue weighted by molar-refractivity contribution is 7.90. The molecule has 0 bridgehead atoms. The predicted octanol–water partition coefficient (Wildman–Crippen LogP) is 3.56. The molecule has 2 aliphatic carbocycles. The van der Waals surface area contributed by atoms with Gasteiger partial charge < -0.3 is 14.4 Å². The van der Waals surface area contributed by atoms with Gasteiger partial charge in [-0.1, -0.05) is 30.3 Å². The molecule has 3 fully saturated rings. The number of carbonyl (C=O) groups excluding carboxylic acids is 3. The Morgan fingerprint density at radius 3 is 2.57 bits per heavy atom. The van der Waals surface area contributed by atoms with Gasteiger partial charge in [0, 0.05) is 38.2 Å². The number of hydrogen-bond acceptors (Lipinski definition) is 10. The van der Waals surface area contributed by atoms with Crippen molar-refractivity contribution in [2.75, 3.05) is 18.0 Å². The van der Waals surface area contributed by atoms with Crippen molar-refractivity contribution in [2.45, 2.75) is 88.8 Å². The first-order chi connectivity index (χ1) is 21.8. The number of carbonyl (C=O) groups is 3. The third-order valence-electron chi connectivity index (χ3n) is 9.14. The highest BCUT2D eigenvalue weighted by Gasteiger charge is 2.61. The molecular formula is C33H41N5O7S. The van der Waals surface area contributed by atoms with Crippen LogP contribution in [0.5, 0.6) is 5.88 Å². The number of ether oxygens (including phenoxy) is 2. The van der Waals surface area contributed by atoms with E-state index in [1.54, 1.807) is 39.1 Å². The highest BCUT2D eigenvalue weighted by Crippen LogP contribution is 2.57. The average molecular weight is 652 g/mol. The van der Waals surface area contributed by atoms with Crippen LogP contribution in [0.4, 0.5) is 10.7 Å². The van der Waals surface area contributed by atoms with E-state index in [0.29, 0.717) is 37.6 Å².